The molecule has 0 saturated carbocycles. The highest BCUT2D eigenvalue weighted by Gasteiger charge is 2.46. The van der Waals surface area contributed by atoms with Gasteiger partial charge in [0.2, 0.25) is 0 Å². The third-order valence-electron chi connectivity index (χ3n) is 6.49. The maximum Gasteiger partial charge on any atom is 0.295 e. The fraction of sp³-hybridized carbons (Fsp3) is 0.143. The molecular weight excluding hydrogens is 579 g/mol. The van der Waals surface area contributed by atoms with Gasteiger partial charge in [0, 0.05) is 38.7 Å². The van der Waals surface area contributed by atoms with Crippen molar-refractivity contribution in [3.63, 3.8) is 0 Å². The highest BCUT2D eigenvalue weighted by atomic mass is 79.9. The number of halogens is 3. The number of amides is 1. The molecule has 0 bridgehead atoms. The van der Waals surface area contributed by atoms with Crippen LogP contribution in [-0.4, -0.2) is 40.3 Å². The van der Waals surface area contributed by atoms with E-state index in [0.29, 0.717) is 17.0 Å². The van der Waals surface area contributed by atoms with E-state index in [4.69, 9.17) is 27.9 Å². The van der Waals surface area contributed by atoms with Gasteiger partial charge in [-0.1, -0.05) is 51.3 Å². The van der Waals surface area contributed by atoms with Gasteiger partial charge in [0.15, 0.2) is 0 Å². The highest BCUT2D eigenvalue weighted by molar-refractivity contribution is 9.10. The minimum absolute atomic E-state index is 0.0204. The van der Waals surface area contributed by atoms with Crippen molar-refractivity contribution in [3.05, 3.63) is 104 Å². The number of benzene rings is 3. The lowest BCUT2D eigenvalue weighted by atomic mass is 9.95. The van der Waals surface area contributed by atoms with Crippen LogP contribution in [0, 0.1) is 0 Å². The van der Waals surface area contributed by atoms with Crippen LogP contribution in [0.15, 0.2) is 76.9 Å². The third-order valence-corrected chi connectivity index (χ3v) is 7.53. The minimum atomic E-state index is -0.802. The molecule has 2 heterocycles. The van der Waals surface area contributed by atoms with Crippen LogP contribution in [0.25, 0.3) is 16.7 Å². The molecular formula is C28H21BrCl2N2O4. The summed E-state index contributed by atoms with van der Waals surface area (Å²) < 4.78 is 6.14. The van der Waals surface area contributed by atoms with E-state index in [9.17, 15) is 14.7 Å². The summed E-state index contributed by atoms with van der Waals surface area (Å²) in [6.07, 6.45) is 2.37. The summed E-state index contributed by atoms with van der Waals surface area (Å²) in [6, 6.07) is 16.8. The van der Waals surface area contributed by atoms with Crippen LogP contribution >= 0.6 is 39.1 Å². The summed E-state index contributed by atoms with van der Waals surface area (Å²) in [5, 5.41) is 12.8. The second-order valence-electron chi connectivity index (χ2n) is 8.65. The number of fused-ring (bicyclic) bond motifs is 1. The minimum Gasteiger partial charge on any atom is -0.507 e. The molecule has 0 spiro atoms. The Kier molecular flexibility index (Phi) is 7.03. The maximum atomic E-state index is 13.3. The molecule has 6 nitrogen and oxygen atoms in total. The van der Waals surface area contributed by atoms with Crippen molar-refractivity contribution in [2.24, 2.45) is 0 Å². The van der Waals surface area contributed by atoms with Crippen LogP contribution in [0.3, 0.4) is 0 Å². The third kappa shape index (κ3) is 4.75. The fourth-order valence-electron chi connectivity index (χ4n) is 4.69. The highest BCUT2D eigenvalue weighted by Crippen LogP contribution is 2.41. The van der Waals surface area contributed by atoms with Crippen LogP contribution < -0.4 is 4.74 Å². The zero-order chi connectivity index (χ0) is 26.3. The van der Waals surface area contributed by atoms with E-state index < -0.39 is 17.7 Å². The Morgan fingerprint density at radius 3 is 2.65 bits per heavy atom. The van der Waals surface area contributed by atoms with Crippen LogP contribution in [0.5, 0.6) is 5.75 Å². The number of aliphatic hydroxyl groups excluding tert-OH is 1. The van der Waals surface area contributed by atoms with Crippen LogP contribution in [0.1, 0.15) is 22.7 Å². The summed E-state index contributed by atoms with van der Waals surface area (Å²) in [6.45, 7) is 0.247. The molecule has 1 amide bonds. The molecule has 1 aliphatic heterocycles. The summed E-state index contributed by atoms with van der Waals surface area (Å²) in [4.78, 5) is 31.4. The molecule has 1 aromatic heterocycles. The molecule has 5 rings (SSSR count). The topological polar surface area (TPSA) is 82.6 Å². The predicted molar refractivity (Wildman–Crippen MR) is 148 cm³/mol. The standard InChI is InChI=1S/C28H21BrCl2N2O4/c1-37-19-6-8-23-21(13-19)16(14-32-23)9-10-33-25(15-3-2-4-17(29)11-15)24(27(35)28(33)36)26(34)20-7-5-18(30)12-22(20)31/h2-8,11-14,25,32,34H,9-10H2,1H3/b26-24-. The van der Waals surface area contributed by atoms with Gasteiger partial charge in [-0.25, -0.2) is 0 Å². The van der Waals surface area contributed by atoms with Crippen LogP contribution in [-0.2, 0) is 16.0 Å². The number of hydrogen-bond acceptors (Lipinski definition) is 4. The number of hydrogen-bond donors (Lipinski definition) is 2. The van der Waals surface area contributed by atoms with Gasteiger partial charge in [-0.3, -0.25) is 9.59 Å². The number of Topliss-reactive ketones (excluding diaryl/α,β-unsaturated/α-hetero) is 1. The van der Waals surface area contributed by atoms with Crippen LogP contribution in [0.4, 0.5) is 0 Å². The van der Waals surface area contributed by atoms with E-state index in [1.165, 1.54) is 17.0 Å². The van der Waals surface area contributed by atoms with Gasteiger partial charge < -0.3 is 19.7 Å². The number of aromatic nitrogens is 1. The van der Waals surface area contributed by atoms with Crippen molar-refractivity contribution in [3.8, 4) is 5.75 Å². The molecule has 3 aromatic carbocycles. The van der Waals surface area contributed by atoms with Crippen LogP contribution in [0.2, 0.25) is 10.0 Å². The first-order valence-corrected chi connectivity index (χ1v) is 13.0. The normalized spacial score (nSPS) is 17.1. The van der Waals surface area contributed by atoms with Crippen molar-refractivity contribution in [1.29, 1.82) is 0 Å². The Morgan fingerprint density at radius 1 is 1.11 bits per heavy atom. The molecule has 1 saturated heterocycles. The van der Waals surface area contributed by atoms with Crippen molar-refractivity contribution in [1.82, 2.24) is 9.88 Å². The number of aliphatic hydroxyl groups is 1. The Bertz CT molecular complexity index is 1580. The Hall–Kier alpha value is -3.26. The SMILES string of the molecule is COc1ccc2[nH]cc(CCN3C(=O)C(=O)/C(=C(\O)c4ccc(Cl)cc4Cl)C3c3cccc(Br)c3)c2c1. The van der Waals surface area contributed by atoms with E-state index in [2.05, 4.69) is 20.9 Å². The Labute approximate surface area is 231 Å². The van der Waals surface area contributed by atoms with E-state index in [1.807, 2.05) is 48.7 Å². The number of rotatable bonds is 6. The molecule has 1 aliphatic rings. The Morgan fingerprint density at radius 2 is 1.92 bits per heavy atom. The summed E-state index contributed by atoms with van der Waals surface area (Å²) >= 11 is 15.8. The van der Waals surface area contributed by atoms with E-state index in [1.54, 1.807) is 13.2 Å². The lowest BCUT2D eigenvalue weighted by molar-refractivity contribution is -0.139. The number of H-pyrrole nitrogens is 1. The lowest BCUT2D eigenvalue weighted by Gasteiger charge is -2.25. The van der Waals surface area contributed by atoms with Gasteiger partial charge >= 0.3 is 0 Å². The number of nitrogens with one attached hydrogen (secondary N) is 1. The molecule has 1 atom stereocenters. The molecule has 0 aliphatic carbocycles. The average Bonchev–Trinajstić information content (AvgIpc) is 3.40. The molecule has 9 heteroatoms. The van der Waals surface area contributed by atoms with E-state index >= 15 is 0 Å². The lowest BCUT2D eigenvalue weighted by Crippen LogP contribution is -2.31. The van der Waals surface area contributed by atoms with Crippen molar-refractivity contribution in [2.75, 3.05) is 13.7 Å². The molecule has 37 heavy (non-hydrogen) atoms. The monoisotopic (exact) mass is 598 g/mol. The zero-order valence-corrected chi connectivity index (χ0v) is 22.7. The van der Waals surface area contributed by atoms with Crippen molar-refractivity contribution in [2.45, 2.75) is 12.5 Å². The summed E-state index contributed by atoms with van der Waals surface area (Å²) in [5.74, 6) is -1.07. The molecule has 188 valence electrons. The number of ether oxygens (including phenoxy) is 1. The number of carbonyl (C=O) groups excluding carboxylic acids is 2. The molecule has 1 unspecified atom stereocenters. The first kappa shape index (κ1) is 25.4. The average molecular weight is 600 g/mol. The fourth-order valence-corrected chi connectivity index (χ4v) is 5.61. The predicted octanol–water partition coefficient (Wildman–Crippen LogP) is 6.91. The molecule has 4 aromatic rings. The second kappa shape index (κ2) is 10.2. The molecule has 1 fully saturated rings. The van der Waals surface area contributed by atoms with E-state index in [0.717, 1.165) is 26.7 Å². The van der Waals surface area contributed by atoms with E-state index in [-0.39, 0.29) is 28.5 Å². The first-order chi connectivity index (χ1) is 17.8. The number of ketones is 1. The summed E-state index contributed by atoms with van der Waals surface area (Å²) in [5.41, 5.74) is 2.81. The number of carbonyl (C=O) groups is 2. The molecule has 2 N–H and O–H groups in total. The van der Waals surface area contributed by atoms with Gasteiger partial charge in [-0.05, 0) is 66.1 Å². The number of aromatic amines is 1. The Balaban J connectivity index is 1.58. The number of nitrogens with zero attached hydrogens (tertiary/aromatic N) is 1. The van der Waals surface area contributed by atoms with Gasteiger partial charge in [0.1, 0.15) is 11.5 Å². The largest absolute Gasteiger partial charge is 0.507 e. The zero-order valence-electron chi connectivity index (χ0n) is 19.6. The molecule has 0 radical (unpaired) electrons. The number of methoxy groups -OCH3 is 1. The quantitative estimate of drug-likeness (QED) is 0.143. The van der Waals surface area contributed by atoms with Crippen molar-refractivity contribution >= 4 is 67.5 Å². The first-order valence-electron chi connectivity index (χ1n) is 11.4. The maximum absolute atomic E-state index is 13.3. The van der Waals surface area contributed by atoms with Gasteiger partial charge in [0.25, 0.3) is 11.7 Å². The summed E-state index contributed by atoms with van der Waals surface area (Å²) in [7, 11) is 1.61. The van der Waals surface area contributed by atoms with Crippen molar-refractivity contribution < 1.29 is 19.4 Å². The van der Waals surface area contributed by atoms with Gasteiger partial charge in [0.05, 0.1) is 23.7 Å². The number of likely N-dealkylation sites (tertiary alicyclic amines) is 1. The second-order valence-corrected chi connectivity index (χ2v) is 10.4. The smallest absolute Gasteiger partial charge is 0.295 e. The van der Waals surface area contributed by atoms with Gasteiger partial charge in [-0.2, -0.15) is 0 Å². The van der Waals surface area contributed by atoms with Gasteiger partial charge in [-0.15, -0.1) is 0 Å².